The quantitative estimate of drug-likeness (QED) is 0.852. The molecule has 1 heterocycles. The van der Waals surface area contributed by atoms with Crippen LogP contribution in [0.1, 0.15) is 35.7 Å². The minimum Gasteiger partial charge on any atom is -0.493 e. The Labute approximate surface area is 142 Å². The first kappa shape index (κ1) is 16.5. The fraction of sp³-hybridized carbons (Fsp3) is 0.350. The van der Waals surface area contributed by atoms with Gasteiger partial charge in [-0.3, -0.25) is 4.79 Å². The number of hydrogen-bond acceptors (Lipinski definition) is 2. The lowest BCUT2D eigenvalue weighted by atomic mass is 9.74. The largest absolute Gasteiger partial charge is 0.493 e. The van der Waals surface area contributed by atoms with E-state index in [2.05, 4.69) is 31.2 Å². The molecule has 1 aliphatic rings. The highest BCUT2D eigenvalue weighted by Gasteiger charge is 2.34. The van der Waals surface area contributed by atoms with Crippen molar-refractivity contribution in [1.29, 1.82) is 0 Å². The smallest absolute Gasteiger partial charge is 0.257 e. The van der Waals surface area contributed by atoms with Crippen molar-refractivity contribution in [2.45, 2.75) is 25.2 Å². The topological polar surface area (TPSA) is 29.5 Å². The summed E-state index contributed by atoms with van der Waals surface area (Å²) in [6.07, 6.45) is 1.78. The van der Waals surface area contributed by atoms with Crippen LogP contribution in [0, 0.1) is 5.82 Å². The van der Waals surface area contributed by atoms with E-state index in [-0.39, 0.29) is 17.1 Å². The number of piperidine rings is 1. The van der Waals surface area contributed by atoms with E-state index in [9.17, 15) is 9.18 Å². The van der Waals surface area contributed by atoms with E-state index in [0.717, 1.165) is 12.8 Å². The maximum atomic E-state index is 13.8. The van der Waals surface area contributed by atoms with Crippen molar-refractivity contribution in [2.24, 2.45) is 0 Å². The van der Waals surface area contributed by atoms with E-state index in [4.69, 9.17) is 4.74 Å². The maximum Gasteiger partial charge on any atom is 0.257 e. The summed E-state index contributed by atoms with van der Waals surface area (Å²) in [5.74, 6) is -0.644. The molecular formula is C20H22FNO2. The molecule has 0 saturated carbocycles. The summed E-state index contributed by atoms with van der Waals surface area (Å²) in [7, 11) is 1.39. The molecule has 4 heteroatoms. The second-order valence-corrected chi connectivity index (χ2v) is 6.54. The second-order valence-electron chi connectivity index (χ2n) is 6.54. The predicted molar refractivity (Wildman–Crippen MR) is 91.9 cm³/mol. The number of para-hydroxylation sites is 1. The Kier molecular flexibility index (Phi) is 4.56. The Morgan fingerprint density at radius 1 is 1.08 bits per heavy atom. The zero-order valence-electron chi connectivity index (χ0n) is 14.1. The van der Waals surface area contributed by atoms with Crippen molar-refractivity contribution in [3.8, 4) is 5.75 Å². The number of ether oxygens (including phenoxy) is 1. The van der Waals surface area contributed by atoms with Gasteiger partial charge in [0, 0.05) is 13.1 Å². The number of hydrogen-bond donors (Lipinski definition) is 0. The van der Waals surface area contributed by atoms with Crippen molar-refractivity contribution >= 4 is 5.91 Å². The molecule has 3 nitrogen and oxygen atoms in total. The van der Waals surface area contributed by atoms with Crippen molar-refractivity contribution in [3.63, 3.8) is 0 Å². The van der Waals surface area contributed by atoms with Gasteiger partial charge in [-0.1, -0.05) is 43.3 Å². The Morgan fingerprint density at radius 3 is 2.38 bits per heavy atom. The van der Waals surface area contributed by atoms with Gasteiger partial charge in [-0.05, 0) is 36.0 Å². The van der Waals surface area contributed by atoms with Gasteiger partial charge >= 0.3 is 0 Å². The highest BCUT2D eigenvalue weighted by molar-refractivity contribution is 5.97. The number of likely N-dealkylation sites (tertiary alicyclic amines) is 1. The lowest BCUT2D eigenvalue weighted by Gasteiger charge is -2.40. The molecule has 0 N–H and O–H groups in total. The highest BCUT2D eigenvalue weighted by atomic mass is 19.1. The Morgan fingerprint density at radius 2 is 1.75 bits per heavy atom. The molecule has 126 valence electrons. The van der Waals surface area contributed by atoms with Crippen LogP contribution < -0.4 is 4.74 Å². The number of benzene rings is 2. The van der Waals surface area contributed by atoms with E-state index in [1.807, 2.05) is 6.07 Å². The fourth-order valence-corrected chi connectivity index (χ4v) is 3.39. The maximum absolute atomic E-state index is 13.8. The Hall–Kier alpha value is -2.36. The summed E-state index contributed by atoms with van der Waals surface area (Å²) in [5, 5.41) is 0. The number of halogens is 1. The van der Waals surface area contributed by atoms with Gasteiger partial charge in [0.2, 0.25) is 0 Å². The molecule has 1 amide bonds. The summed E-state index contributed by atoms with van der Waals surface area (Å²) in [6.45, 7) is 3.56. The van der Waals surface area contributed by atoms with Crippen molar-refractivity contribution in [3.05, 3.63) is 65.5 Å². The number of amides is 1. The second kappa shape index (κ2) is 6.63. The molecule has 0 atom stereocenters. The van der Waals surface area contributed by atoms with Gasteiger partial charge in [0.25, 0.3) is 5.91 Å². The first-order valence-electron chi connectivity index (χ1n) is 8.22. The van der Waals surface area contributed by atoms with Gasteiger partial charge in [-0.15, -0.1) is 0 Å². The van der Waals surface area contributed by atoms with Gasteiger partial charge in [0.1, 0.15) is 0 Å². The van der Waals surface area contributed by atoms with E-state index >= 15 is 0 Å². The summed E-state index contributed by atoms with van der Waals surface area (Å²) in [6, 6.07) is 14.9. The summed E-state index contributed by atoms with van der Waals surface area (Å²) in [5.41, 5.74) is 1.67. The van der Waals surface area contributed by atoms with Gasteiger partial charge < -0.3 is 9.64 Å². The van der Waals surface area contributed by atoms with E-state index in [1.165, 1.54) is 18.7 Å². The van der Waals surface area contributed by atoms with Crippen LogP contribution in [-0.2, 0) is 5.41 Å². The molecule has 24 heavy (non-hydrogen) atoms. The lowest BCUT2D eigenvalue weighted by Crippen LogP contribution is -2.44. The summed E-state index contributed by atoms with van der Waals surface area (Å²) >= 11 is 0. The van der Waals surface area contributed by atoms with Crippen LogP contribution in [0.3, 0.4) is 0 Å². The molecule has 0 radical (unpaired) electrons. The SMILES string of the molecule is COc1c(F)cccc1C(=O)N1CCC(C)(c2ccccc2)CC1. The normalized spacial score (nSPS) is 16.7. The number of rotatable bonds is 3. The van der Waals surface area contributed by atoms with Crippen LogP contribution in [0.4, 0.5) is 4.39 Å². The minimum absolute atomic E-state index is 0.0268. The number of nitrogens with zero attached hydrogens (tertiary/aromatic N) is 1. The molecule has 0 unspecified atom stereocenters. The third-order valence-corrected chi connectivity index (χ3v) is 5.03. The van der Waals surface area contributed by atoms with Crippen LogP contribution in [0.2, 0.25) is 0 Å². The standard InChI is InChI=1S/C20H22FNO2/c1-20(15-7-4-3-5-8-15)11-13-22(14-12-20)19(23)16-9-6-10-17(21)18(16)24-2/h3-10H,11-14H2,1-2H3. The monoisotopic (exact) mass is 327 g/mol. The first-order chi connectivity index (χ1) is 11.5. The lowest BCUT2D eigenvalue weighted by molar-refractivity contribution is 0.0672. The number of carbonyl (C=O) groups excluding carboxylic acids is 1. The van der Waals surface area contributed by atoms with Gasteiger partial charge in [-0.25, -0.2) is 4.39 Å². The Bertz CT molecular complexity index is 722. The zero-order valence-corrected chi connectivity index (χ0v) is 14.1. The zero-order chi connectivity index (χ0) is 17.2. The van der Waals surface area contributed by atoms with Crippen LogP contribution in [-0.4, -0.2) is 31.0 Å². The first-order valence-corrected chi connectivity index (χ1v) is 8.22. The third-order valence-electron chi connectivity index (χ3n) is 5.03. The predicted octanol–water partition coefficient (Wildman–Crippen LogP) is 4.03. The van der Waals surface area contributed by atoms with Crippen LogP contribution in [0.15, 0.2) is 48.5 Å². The average molecular weight is 327 g/mol. The molecule has 1 aliphatic heterocycles. The summed E-state index contributed by atoms with van der Waals surface area (Å²) in [4.78, 5) is 14.6. The van der Waals surface area contributed by atoms with Crippen LogP contribution in [0.25, 0.3) is 0 Å². The molecule has 1 fully saturated rings. The van der Waals surface area contributed by atoms with Crippen LogP contribution >= 0.6 is 0 Å². The van der Waals surface area contributed by atoms with Crippen LogP contribution in [0.5, 0.6) is 5.75 Å². The molecular weight excluding hydrogens is 305 g/mol. The third kappa shape index (κ3) is 3.01. The molecule has 0 bridgehead atoms. The summed E-state index contributed by atoms with van der Waals surface area (Å²) < 4.78 is 18.9. The van der Waals surface area contributed by atoms with Crippen molar-refractivity contribution < 1.29 is 13.9 Å². The fourth-order valence-electron chi connectivity index (χ4n) is 3.39. The molecule has 0 spiro atoms. The molecule has 3 rings (SSSR count). The average Bonchev–Trinajstić information content (AvgIpc) is 2.62. The molecule has 0 aliphatic carbocycles. The molecule has 2 aromatic carbocycles. The van der Waals surface area contributed by atoms with E-state index in [1.54, 1.807) is 17.0 Å². The van der Waals surface area contributed by atoms with E-state index < -0.39 is 5.82 Å². The number of carbonyl (C=O) groups is 1. The number of methoxy groups -OCH3 is 1. The highest BCUT2D eigenvalue weighted by Crippen LogP contribution is 2.35. The minimum atomic E-state index is -0.505. The Balaban J connectivity index is 1.76. The van der Waals surface area contributed by atoms with Gasteiger partial charge in [-0.2, -0.15) is 0 Å². The van der Waals surface area contributed by atoms with E-state index in [0.29, 0.717) is 18.7 Å². The van der Waals surface area contributed by atoms with Gasteiger partial charge in [0.15, 0.2) is 11.6 Å². The molecule has 0 aromatic heterocycles. The molecule has 1 saturated heterocycles. The molecule has 2 aromatic rings. The van der Waals surface area contributed by atoms with Crippen molar-refractivity contribution in [2.75, 3.05) is 20.2 Å². The van der Waals surface area contributed by atoms with Crippen molar-refractivity contribution in [1.82, 2.24) is 4.90 Å². The van der Waals surface area contributed by atoms with Gasteiger partial charge in [0.05, 0.1) is 12.7 Å².